The van der Waals surface area contributed by atoms with E-state index < -0.39 is 6.67 Å². The Morgan fingerprint density at radius 3 is 3.08 bits per heavy atom. The molecule has 0 aliphatic heterocycles. The van der Waals surface area contributed by atoms with Gasteiger partial charge in [0.25, 0.3) is 0 Å². The van der Waals surface area contributed by atoms with Gasteiger partial charge in [0.1, 0.15) is 12.5 Å². The topological polar surface area (TPSA) is 108 Å². The zero-order chi connectivity index (χ0) is 17.4. The number of hydrogen-bond acceptors (Lipinski definition) is 7. The number of thiazole rings is 1. The number of fused-ring (bicyclic) bond motifs is 1. The quantitative estimate of drug-likeness (QED) is 0.600. The number of nitrogens with zero attached hydrogens (tertiary/aromatic N) is 4. The lowest BCUT2D eigenvalue weighted by molar-refractivity contribution is 0.455. The minimum Gasteiger partial charge on any atom is -0.493 e. The summed E-state index contributed by atoms with van der Waals surface area (Å²) in [5.41, 5.74) is 1.16. The van der Waals surface area contributed by atoms with Crippen molar-refractivity contribution in [1.29, 1.82) is 0 Å². The van der Waals surface area contributed by atoms with E-state index in [-0.39, 0.29) is 23.3 Å². The Balaban J connectivity index is 1.91. The van der Waals surface area contributed by atoms with Crippen molar-refractivity contribution in [2.24, 2.45) is 4.99 Å². The van der Waals surface area contributed by atoms with Crippen molar-refractivity contribution in [2.75, 3.05) is 18.5 Å². The van der Waals surface area contributed by atoms with Crippen LogP contribution in [0, 0.1) is 0 Å². The monoisotopic (exact) mass is 362 g/mol. The fraction of sp³-hybridized carbons (Fsp3) is 0.333. The van der Waals surface area contributed by atoms with E-state index in [1.54, 1.807) is 22.9 Å². The molecule has 0 amide bonds. The first-order chi connectivity index (χ1) is 12.1. The van der Waals surface area contributed by atoms with Gasteiger partial charge in [-0.15, -0.1) is 0 Å². The number of aromatic amines is 1. The van der Waals surface area contributed by atoms with E-state index >= 15 is 0 Å². The highest BCUT2D eigenvalue weighted by atomic mass is 32.1. The van der Waals surface area contributed by atoms with Crippen molar-refractivity contribution in [1.82, 2.24) is 19.6 Å². The van der Waals surface area contributed by atoms with E-state index in [4.69, 9.17) is 0 Å². The Bertz CT molecular complexity index is 1100. The molecule has 25 heavy (non-hydrogen) atoms. The smallest absolute Gasteiger partial charge is 0.307 e. The number of H-pyrrole nitrogens is 1. The summed E-state index contributed by atoms with van der Waals surface area (Å²) in [5.74, 6) is 0.315. The van der Waals surface area contributed by atoms with Gasteiger partial charge in [-0.05, 0) is 18.9 Å². The van der Waals surface area contributed by atoms with Crippen molar-refractivity contribution in [3.8, 4) is 5.88 Å². The number of aromatic hydroxyl groups is 1. The largest absolute Gasteiger partial charge is 0.493 e. The van der Waals surface area contributed by atoms with Crippen LogP contribution in [0.15, 0.2) is 22.1 Å². The number of aromatic nitrogens is 4. The highest BCUT2D eigenvalue weighted by Crippen LogP contribution is 2.22. The molecule has 0 atom stereocenters. The van der Waals surface area contributed by atoms with Crippen LogP contribution in [0.4, 0.5) is 10.2 Å². The highest BCUT2D eigenvalue weighted by Gasteiger charge is 2.20. The summed E-state index contributed by atoms with van der Waals surface area (Å²) in [6, 6.07) is 2.03. The fourth-order valence-corrected chi connectivity index (χ4v) is 3.07. The Labute approximate surface area is 144 Å². The predicted octanol–water partition coefficient (Wildman–Crippen LogP) is 0.177. The van der Waals surface area contributed by atoms with Crippen molar-refractivity contribution in [2.45, 2.75) is 18.9 Å². The van der Waals surface area contributed by atoms with Gasteiger partial charge in [-0.1, -0.05) is 11.3 Å². The zero-order valence-corrected chi connectivity index (χ0v) is 13.9. The molecule has 3 aromatic heterocycles. The third-order valence-corrected chi connectivity index (χ3v) is 4.50. The highest BCUT2D eigenvalue weighted by molar-refractivity contribution is 7.10. The van der Waals surface area contributed by atoms with E-state index in [9.17, 15) is 14.3 Å². The average molecular weight is 362 g/mol. The SMILES string of the molecule is O=c1[nH]c(O)c(C=c2cnn3c(=NC4CC4)cc(NCCF)nc23)s1. The molecule has 1 aliphatic rings. The first-order valence-corrected chi connectivity index (χ1v) is 8.62. The normalized spacial score (nSPS) is 16.0. The second-order valence-corrected chi connectivity index (χ2v) is 6.70. The molecule has 1 aliphatic carbocycles. The second kappa shape index (κ2) is 6.28. The molecule has 0 bridgehead atoms. The van der Waals surface area contributed by atoms with E-state index in [1.807, 2.05) is 0 Å². The van der Waals surface area contributed by atoms with Crippen LogP contribution in [0.25, 0.3) is 11.7 Å². The Morgan fingerprint density at radius 1 is 1.56 bits per heavy atom. The van der Waals surface area contributed by atoms with Crippen LogP contribution in [0.5, 0.6) is 5.88 Å². The summed E-state index contributed by atoms with van der Waals surface area (Å²) in [4.78, 5) is 22.8. The average Bonchev–Trinajstić information content (AvgIpc) is 3.22. The van der Waals surface area contributed by atoms with Gasteiger partial charge in [-0.2, -0.15) is 9.61 Å². The molecular weight excluding hydrogens is 347 g/mol. The Kier molecular flexibility index (Phi) is 3.96. The van der Waals surface area contributed by atoms with Crippen molar-refractivity contribution in [3.63, 3.8) is 0 Å². The van der Waals surface area contributed by atoms with Gasteiger partial charge in [-0.3, -0.25) is 14.8 Å². The number of anilines is 1. The molecule has 4 rings (SSSR count). The van der Waals surface area contributed by atoms with Crippen LogP contribution in [0.2, 0.25) is 0 Å². The molecule has 0 aromatic carbocycles. The summed E-state index contributed by atoms with van der Waals surface area (Å²) >= 11 is 0.894. The molecular formula is C15H15FN6O2S. The number of rotatable bonds is 5. The Morgan fingerprint density at radius 2 is 2.40 bits per heavy atom. The minimum absolute atomic E-state index is 0.152. The summed E-state index contributed by atoms with van der Waals surface area (Å²) in [5, 5.41) is 17.6. The number of alkyl halides is 1. The van der Waals surface area contributed by atoms with Crippen molar-refractivity contribution in [3.05, 3.63) is 37.5 Å². The van der Waals surface area contributed by atoms with Gasteiger partial charge >= 0.3 is 4.87 Å². The van der Waals surface area contributed by atoms with Crippen LogP contribution in [0.3, 0.4) is 0 Å². The first-order valence-electron chi connectivity index (χ1n) is 7.80. The van der Waals surface area contributed by atoms with Gasteiger partial charge in [0.2, 0.25) is 5.88 Å². The molecule has 1 saturated carbocycles. The molecule has 8 nitrogen and oxygen atoms in total. The van der Waals surface area contributed by atoms with Crippen molar-refractivity contribution >= 4 is 28.9 Å². The van der Waals surface area contributed by atoms with Gasteiger partial charge in [0, 0.05) is 17.8 Å². The third-order valence-electron chi connectivity index (χ3n) is 3.69. The maximum absolute atomic E-state index is 12.5. The lowest BCUT2D eigenvalue weighted by atomic mass is 10.4. The molecule has 0 unspecified atom stereocenters. The lowest BCUT2D eigenvalue weighted by Gasteiger charge is -2.03. The fourth-order valence-electron chi connectivity index (χ4n) is 2.39. The van der Waals surface area contributed by atoms with Crippen LogP contribution in [-0.4, -0.2) is 43.9 Å². The van der Waals surface area contributed by atoms with Gasteiger partial charge < -0.3 is 10.4 Å². The van der Waals surface area contributed by atoms with E-state index in [0.717, 1.165) is 24.2 Å². The summed E-state index contributed by atoms with van der Waals surface area (Å²) in [6.07, 6.45) is 5.31. The Hall–Kier alpha value is -2.75. The van der Waals surface area contributed by atoms with Crippen LogP contribution in [-0.2, 0) is 0 Å². The molecule has 1 fully saturated rings. The van der Waals surface area contributed by atoms with Crippen LogP contribution < -0.4 is 20.9 Å². The van der Waals surface area contributed by atoms with E-state index in [1.165, 1.54) is 0 Å². The molecule has 3 N–H and O–H groups in total. The number of halogens is 1. The van der Waals surface area contributed by atoms with Crippen LogP contribution >= 0.6 is 11.3 Å². The first kappa shape index (κ1) is 15.8. The maximum atomic E-state index is 12.5. The minimum atomic E-state index is -0.509. The third kappa shape index (κ3) is 3.25. The van der Waals surface area contributed by atoms with Gasteiger partial charge in [0.05, 0.1) is 17.1 Å². The standard InChI is InChI=1S/C15H15FN6O2S/c16-3-4-17-11-6-12(19-9-1-2-9)22-13(20-11)8(7-18-22)5-10-14(23)21-15(24)25-10/h5-7,9,17,23H,1-4H2,(H,21,24). The predicted molar refractivity (Wildman–Crippen MR) is 91.4 cm³/mol. The van der Waals surface area contributed by atoms with E-state index in [2.05, 4.69) is 25.4 Å². The van der Waals surface area contributed by atoms with Crippen molar-refractivity contribution < 1.29 is 9.50 Å². The molecule has 0 radical (unpaired) electrons. The number of nitrogens with one attached hydrogen (secondary N) is 2. The molecule has 130 valence electrons. The molecule has 0 spiro atoms. The molecule has 3 aromatic rings. The summed E-state index contributed by atoms with van der Waals surface area (Å²) < 4.78 is 14.1. The summed E-state index contributed by atoms with van der Waals surface area (Å²) in [6.45, 7) is -0.356. The maximum Gasteiger partial charge on any atom is 0.307 e. The van der Waals surface area contributed by atoms with Crippen LogP contribution in [0.1, 0.15) is 17.7 Å². The molecule has 3 heterocycles. The van der Waals surface area contributed by atoms with Gasteiger partial charge in [0.15, 0.2) is 11.1 Å². The van der Waals surface area contributed by atoms with E-state index in [0.29, 0.717) is 27.0 Å². The molecule has 0 saturated heterocycles. The number of hydrogen-bond donors (Lipinski definition) is 3. The lowest BCUT2D eigenvalue weighted by Crippen LogP contribution is -2.20. The zero-order valence-electron chi connectivity index (χ0n) is 13.1. The second-order valence-electron chi connectivity index (χ2n) is 5.68. The van der Waals surface area contributed by atoms with Gasteiger partial charge in [-0.25, -0.2) is 9.37 Å². The molecule has 10 heteroatoms. The summed E-state index contributed by atoms with van der Waals surface area (Å²) in [7, 11) is 0.